The van der Waals surface area contributed by atoms with Gasteiger partial charge in [0, 0.05) is 19.5 Å². The van der Waals surface area contributed by atoms with Crippen LogP contribution < -0.4 is 9.47 Å². The Kier molecular flexibility index (Phi) is 6.75. The van der Waals surface area contributed by atoms with Gasteiger partial charge in [0.15, 0.2) is 11.5 Å². The number of likely N-dealkylation sites (tertiary alicyclic amines) is 1. The number of piperidine rings is 1. The van der Waals surface area contributed by atoms with Gasteiger partial charge in [-0.25, -0.2) is 0 Å². The summed E-state index contributed by atoms with van der Waals surface area (Å²) < 4.78 is 11.2. The molecular weight excluding hydrogens is 290 g/mol. The summed E-state index contributed by atoms with van der Waals surface area (Å²) in [7, 11) is 0. The molecule has 1 aliphatic rings. The van der Waals surface area contributed by atoms with E-state index in [4.69, 9.17) is 9.47 Å². The average Bonchev–Trinajstić information content (AvgIpc) is 2.56. The fraction of sp³-hybridized carbons (Fsp3) is 0.632. The van der Waals surface area contributed by atoms with Gasteiger partial charge in [-0.15, -0.1) is 0 Å². The minimum absolute atomic E-state index is 0.267. The van der Waals surface area contributed by atoms with Gasteiger partial charge in [-0.05, 0) is 56.7 Å². The normalized spacial score (nSPS) is 15.5. The highest BCUT2D eigenvalue weighted by atomic mass is 16.5. The van der Waals surface area contributed by atoms with Crippen molar-refractivity contribution in [2.24, 2.45) is 5.92 Å². The van der Waals surface area contributed by atoms with E-state index in [-0.39, 0.29) is 5.91 Å². The van der Waals surface area contributed by atoms with E-state index in [0.717, 1.165) is 55.3 Å². The van der Waals surface area contributed by atoms with Gasteiger partial charge in [0.2, 0.25) is 5.91 Å². The highest BCUT2D eigenvalue weighted by molar-refractivity contribution is 5.76. The first-order chi connectivity index (χ1) is 11.1. The second-order valence-electron chi connectivity index (χ2n) is 6.21. The van der Waals surface area contributed by atoms with E-state index in [2.05, 4.69) is 6.92 Å². The molecule has 0 saturated carbocycles. The first-order valence-corrected chi connectivity index (χ1v) is 8.80. The molecule has 128 valence electrons. The third-order valence-electron chi connectivity index (χ3n) is 4.37. The Morgan fingerprint density at radius 1 is 1.13 bits per heavy atom. The van der Waals surface area contributed by atoms with Gasteiger partial charge in [-0.2, -0.15) is 0 Å². The third-order valence-corrected chi connectivity index (χ3v) is 4.37. The summed E-state index contributed by atoms with van der Waals surface area (Å²) in [4.78, 5) is 14.3. The smallest absolute Gasteiger partial charge is 0.222 e. The number of amides is 1. The Hall–Kier alpha value is -1.71. The molecule has 1 aliphatic heterocycles. The Labute approximate surface area is 139 Å². The van der Waals surface area contributed by atoms with E-state index in [0.29, 0.717) is 19.6 Å². The fourth-order valence-corrected chi connectivity index (χ4v) is 2.92. The van der Waals surface area contributed by atoms with Gasteiger partial charge in [0.1, 0.15) is 0 Å². The molecule has 1 fully saturated rings. The maximum absolute atomic E-state index is 12.3. The minimum atomic E-state index is 0.267. The lowest BCUT2D eigenvalue weighted by Gasteiger charge is -2.30. The summed E-state index contributed by atoms with van der Waals surface area (Å²) in [5, 5.41) is 0. The summed E-state index contributed by atoms with van der Waals surface area (Å²) >= 11 is 0. The molecular formula is C19H29NO3. The molecule has 0 bridgehead atoms. The Bertz CT molecular complexity index is 507. The molecule has 4 heteroatoms. The molecule has 0 aromatic heterocycles. The molecule has 1 heterocycles. The van der Waals surface area contributed by atoms with Crippen molar-refractivity contribution in [3.63, 3.8) is 0 Å². The van der Waals surface area contributed by atoms with Crippen molar-refractivity contribution in [2.75, 3.05) is 26.3 Å². The van der Waals surface area contributed by atoms with E-state index in [1.807, 2.05) is 36.9 Å². The van der Waals surface area contributed by atoms with Crippen LogP contribution in [0.3, 0.4) is 0 Å². The van der Waals surface area contributed by atoms with Crippen molar-refractivity contribution in [2.45, 2.75) is 46.5 Å². The van der Waals surface area contributed by atoms with Gasteiger partial charge < -0.3 is 14.4 Å². The largest absolute Gasteiger partial charge is 0.490 e. The van der Waals surface area contributed by atoms with Crippen LogP contribution in [0, 0.1) is 5.92 Å². The lowest BCUT2D eigenvalue weighted by molar-refractivity contribution is -0.132. The molecule has 1 amide bonds. The van der Waals surface area contributed by atoms with E-state index in [9.17, 15) is 4.79 Å². The number of rotatable bonds is 7. The first kappa shape index (κ1) is 17.6. The van der Waals surface area contributed by atoms with E-state index in [1.165, 1.54) is 0 Å². The number of aryl methyl sites for hydroxylation is 1. The zero-order valence-corrected chi connectivity index (χ0v) is 14.6. The standard InChI is InChI=1S/C19H29NO3/c1-4-22-17-8-6-16(14-18(17)23-5-2)7-9-19(21)20-12-10-15(3)11-13-20/h6,8,14-15H,4-5,7,9-13H2,1-3H3. The molecule has 0 aliphatic carbocycles. The lowest BCUT2D eigenvalue weighted by Crippen LogP contribution is -2.37. The van der Waals surface area contributed by atoms with Crippen LogP contribution in [-0.4, -0.2) is 37.1 Å². The maximum Gasteiger partial charge on any atom is 0.222 e. The van der Waals surface area contributed by atoms with Crippen LogP contribution >= 0.6 is 0 Å². The maximum atomic E-state index is 12.3. The van der Waals surface area contributed by atoms with Crippen LogP contribution in [0.15, 0.2) is 18.2 Å². The molecule has 0 N–H and O–H groups in total. The molecule has 0 unspecified atom stereocenters. The SMILES string of the molecule is CCOc1ccc(CCC(=O)N2CCC(C)CC2)cc1OCC. The molecule has 23 heavy (non-hydrogen) atoms. The number of ether oxygens (including phenoxy) is 2. The van der Waals surface area contributed by atoms with Crippen molar-refractivity contribution >= 4 is 5.91 Å². The fourth-order valence-electron chi connectivity index (χ4n) is 2.92. The summed E-state index contributed by atoms with van der Waals surface area (Å²) in [5.74, 6) is 2.56. The predicted octanol–water partition coefficient (Wildman–Crippen LogP) is 3.68. The highest BCUT2D eigenvalue weighted by Crippen LogP contribution is 2.29. The van der Waals surface area contributed by atoms with Crippen molar-refractivity contribution in [3.8, 4) is 11.5 Å². The summed E-state index contributed by atoms with van der Waals surface area (Å²) in [5.41, 5.74) is 1.12. The highest BCUT2D eigenvalue weighted by Gasteiger charge is 2.20. The van der Waals surface area contributed by atoms with Crippen LogP contribution in [0.1, 0.15) is 45.6 Å². The minimum Gasteiger partial charge on any atom is -0.490 e. The van der Waals surface area contributed by atoms with Crippen LogP contribution in [0.2, 0.25) is 0 Å². The van der Waals surface area contributed by atoms with Crippen LogP contribution in [0.4, 0.5) is 0 Å². The molecule has 1 aromatic carbocycles. The third kappa shape index (κ3) is 5.15. The molecule has 0 spiro atoms. The van der Waals surface area contributed by atoms with Crippen molar-refractivity contribution in [1.29, 1.82) is 0 Å². The molecule has 2 rings (SSSR count). The molecule has 0 atom stereocenters. The van der Waals surface area contributed by atoms with E-state index in [1.54, 1.807) is 0 Å². The summed E-state index contributed by atoms with van der Waals surface area (Å²) in [6, 6.07) is 5.97. The number of carbonyl (C=O) groups excluding carboxylic acids is 1. The Morgan fingerprint density at radius 2 is 1.78 bits per heavy atom. The monoisotopic (exact) mass is 319 g/mol. The second-order valence-corrected chi connectivity index (χ2v) is 6.21. The topological polar surface area (TPSA) is 38.8 Å². The molecule has 4 nitrogen and oxygen atoms in total. The van der Waals surface area contributed by atoms with Gasteiger partial charge in [0.25, 0.3) is 0 Å². The summed E-state index contributed by atoms with van der Waals surface area (Å²) in [6.07, 6.45) is 3.57. The van der Waals surface area contributed by atoms with Crippen molar-refractivity contribution in [1.82, 2.24) is 4.90 Å². The van der Waals surface area contributed by atoms with E-state index < -0.39 is 0 Å². The molecule has 0 radical (unpaired) electrons. The average molecular weight is 319 g/mol. The zero-order chi connectivity index (χ0) is 16.7. The number of nitrogens with zero attached hydrogens (tertiary/aromatic N) is 1. The zero-order valence-electron chi connectivity index (χ0n) is 14.6. The predicted molar refractivity (Wildman–Crippen MR) is 92.1 cm³/mol. The number of hydrogen-bond acceptors (Lipinski definition) is 3. The van der Waals surface area contributed by atoms with E-state index >= 15 is 0 Å². The van der Waals surface area contributed by atoms with Crippen LogP contribution in [0.5, 0.6) is 11.5 Å². The lowest BCUT2D eigenvalue weighted by atomic mass is 9.98. The number of benzene rings is 1. The number of carbonyl (C=O) groups is 1. The van der Waals surface area contributed by atoms with Crippen LogP contribution in [0.25, 0.3) is 0 Å². The molecule has 1 saturated heterocycles. The van der Waals surface area contributed by atoms with Gasteiger partial charge in [-0.3, -0.25) is 4.79 Å². The Morgan fingerprint density at radius 3 is 2.43 bits per heavy atom. The Balaban J connectivity index is 1.92. The quantitative estimate of drug-likeness (QED) is 0.769. The summed E-state index contributed by atoms with van der Waals surface area (Å²) in [6.45, 7) is 9.22. The van der Waals surface area contributed by atoms with Crippen molar-refractivity contribution < 1.29 is 14.3 Å². The number of hydrogen-bond donors (Lipinski definition) is 0. The molecule has 1 aromatic rings. The van der Waals surface area contributed by atoms with Gasteiger partial charge in [0.05, 0.1) is 13.2 Å². The first-order valence-electron chi connectivity index (χ1n) is 8.80. The van der Waals surface area contributed by atoms with Gasteiger partial charge >= 0.3 is 0 Å². The van der Waals surface area contributed by atoms with Gasteiger partial charge in [-0.1, -0.05) is 13.0 Å². The van der Waals surface area contributed by atoms with Crippen molar-refractivity contribution in [3.05, 3.63) is 23.8 Å². The second kappa shape index (κ2) is 8.80. The van der Waals surface area contributed by atoms with Crippen LogP contribution in [-0.2, 0) is 11.2 Å².